The molecule has 0 bridgehead atoms. The molecule has 0 atom stereocenters. The van der Waals surface area contributed by atoms with Crippen LogP contribution in [0.2, 0.25) is 0 Å². The first-order chi connectivity index (χ1) is 11.1. The van der Waals surface area contributed by atoms with Gasteiger partial charge in [-0.2, -0.15) is 10.4 Å². The molecule has 2 aromatic carbocycles. The number of rotatable bonds is 5. The summed E-state index contributed by atoms with van der Waals surface area (Å²) in [6.45, 7) is 0. The van der Waals surface area contributed by atoms with Crippen LogP contribution in [0.5, 0.6) is 0 Å². The summed E-state index contributed by atoms with van der Waals surface area (Å²) in [4.78, 5) is 12.4. The van der Waals surface area contributed by atoms with Crippen molar-refractivity contribution in [1.82, 2.24) is 0 Å². The third-order valence-electron chi connectivity index (χ3n) is 2.85. The van der Waals surface area contributed by atoms with Crippen LogP contribution in [0.25, 0.3) is 0 Å². The lowest BCUT2D eigenvalue weighted by molar-refractivity contribution is 0.102. The van der Waals surface area contributed by atoms with E-state index >= 15 is 0 Å². The normalized spacial score (nSPS) is 10.5. The molecule has 2 rings (SSSR count). The fourth-order valence-electron chi connectivity index (χ4n) is 1.76. The molecule has 0 aliphatic heterocycles. The SMILES string of the molecule is N#C/C(=N\Nc1ccccc1C(=O)Nc1ccccc1)C(=N)N. The Labute approximate surface area is 132 Å². The standard InChI is InChI=1S/C16H14N6O/c17-10-14(15(18)19)22-21-13-9-5-4-8-12(13)16(23)20-11-6-2-1-3-7-11/h1-9,21H,(H3,18,19)(H,20,23)/b22-14+. The molecule has 0 radical (unpaired) electrons. The molecule has 0 saturated carbocycles. The van der Waals surface area contributed by atoms with E-state index < -0.39 is 5.84 Å². The lowest BCUT2D eigenvalue weighted by atomic mass is 10.1. The van der Waals surface area contributed by atoms with Crippen molar-refractivity contribution in [2.75, 3.05) is 10.7 Å². The Morgan fingerprint density at radius 2 is 1.78 bits per heavy atom. The summed E-state index contributed by atoms with van der Waals surface area (Å²) in [7, 11) is 0. The summed E-state index contributed by atoms with van der Waals surface area (Å²) in [6.07, 6.45) is 0. The van der Waals surface area contributed by atoms with Gasteiger partial charge in [-0.1, -0.05) is 30.3 Å². The van der Waals surface area contributed by atoms with E-state index in [1.807, 2.05) is 18.2 Å². The van der Waals surface area contributed by atoms with Crippen LogP contribution in [-0.2, 0) is 0 Å². The van der Waals surface area contributed by atoms with Gasteiger partial charge in [0.1, 0.15) is 6.07 Å². The van der Waals surface area contributed by atoms with Gasteiger partial charge in [0, 0.05) is 5.69 Å². The van der Waals surface area contributed by atoms with Crippen molar-refractivity contribution in [2.45, 2.75) is 0 Å². The molecule has 114 valence electrons. The van der Waals surface area contributed by atoms with Crippen LogP contribution in [0, 0.1) is 16.7 Å². The largest absolute Gasteiger partial charge is 0.382 e. The van der Waals surface area contributed by atoms with Crippen molar-refractivity contribution in [2.24, 2.45) is 10.8 Å². The highest BCUT2D eigenvalue weighted by atomic mass is 16.1. The zero-order valence-electron chi connectivity index (χ0n) is 12.1. The Morgan fingerprint density at radius 1 is 1.13 bits per heavy atom. The molecule has 0 aromatic heterocycles. The van der Waals surface area contributed by atoms with Gasteiger partial charge in [-0.3, -0.25) is 15.6 Å². The number of hydrogen-bond acceptors (Lipinski definition) is 5. The average molecular weight is 306 g/mol. The molecule has 0 aliphatic rings. The van der Waals surface area contributed by atoms with Crippen molar-refractivity contribution >= 4 is 28.8 Å². The lowest BCUT2D eigenvalue weighted by Gasteiger charge is -2.09. The van der Waals surface area contributed by atoms with Gasteiger partial charge < -0.3 is 11.1 Å². The minimum Gasteiger partial charge on any atom is -0.382 e. The first-order valence-electron chi connectivity index (χ1n) is 6.65. The van der Waals surface area contributed by atoms with Crippen LogP contribution < -0.4 is 16.5 Å². The topological polar surface area (TPSA) is 127 Å². The highest BCUT2D eigenvalue weighted by Gasteiger charge is 2.11. The van der Waals surface area contributed by atoms with Crippen LogP contribution in [0.3, 0.4) is 0 Å². The number of nitriles is 1. The molecule has 2 aromatic rings. The number of hydrazone groups is 1. The second-order valence-corrected chi connectivity index (χ2v) is 4.46. The molecular formula is C16H14N6O. The third-order valence-corrected chi connectivity index (χ3v) is 2.85. The summed E-state index contributed by atoms with van der Waals surface area (Å²) >= 11 is 0. The van der Waals surface area contributed by atoms with Crippen LogP contribution >= 0.6 is 0 Å². The highest BCUT2D eigenvalue weighted by Crippen LogP contribution is 2.17. The van der Waals surface area contributed by atoms with Gasteiger partial charge in [0.25, 0.3) is 5.91 Å². The molecule has 7 nitrogen and oxygen atoms in total. The maximum absolute atomic E-state index is 12.4. The van der Waals surface area contributed by atoms with E-state index in [-0.39, 0.29) is 11.6 Å². The molecule has 0 fully saturated rings. The monoisotopic (exact) mass is 306 g/mol. The van der Waals surface area contributed by atoms with Gasteiger partial charge in [-0.15, -0.1) is 0 Å². The average Bonchev–Trinajstić information content (AvgIpc) is 2.56. The van der Waals surface area contributed by atoms with E-state index in [4.69, 9.17) is 16.4 Å². The molecule has 0 saturated heterocycles. The number of nitrogens with one attached hydrogen (secondary N) is 3. The number of carbonyl (C=O) groups excluding carboxylic acids is 1. The number of para-hydroxylation sites is 2. The zero-order chi connectivity index (χ0) is 16.7. The van der Waals surface area contributed by atoms with E-state index in [1.54, 1.807) is 42.5 Å². The molecule has 0 spiro atoms. The molecule has 1 amide bonds. The minimum absolute atomic E-state index is 0.261. The number of amides is 1. The zero-order valence-corrected chi connectivity index (χ0v) is 12.1. The molecule has 0 heterocycles. The fraction of sp³-hybridized carbons (Fsp3) is 0. The smallest absolute Gasteiger partial charge is 0.257 e. The van der Waals surface area contributed by atoms with Gasteiger partial charge in [0.2, 0.25) is 5.71 Å². The van der Waals surface area contributed by atoms with Gasteiger partial charge >= 0.3 is 0 Å². The molecule has 7 heteroatoms. The van der Waals surface area contributed by atoms with Crippen molar-refractivity contribution in [3.63, 3.8) is 0 Å². The number of carbonyl (C=O) groups is 1. The quantitative estimate of drug-likeness (QED) is 0.383. The number of nitrogens with two attached hydrogens (primary N) is 1. The maximum atomic E-state index is 12.4. The highest BCUT2D eigenvalue weighted by molar-refractivity contribution is 6.45. The van der Waals surface area contributed by atoms with Crippen LogP contribution in [0.15, 0.2) is 59.7 Å². The van der Waals surface area contributed by atoms with Crippen molar-refractivity contribution in [3.8, 4) is 6.07 Å². The molecular weight excluding hydrogens is 292 g/mol. The predicted octanol–water partition coefficient (Wildman–Crippen LogP) is 2.17. The first kappa shape index (κ1) is 15.7. The van der Waals surface area contributed by atoms with E-state index in [0.29, 0.717) is 16.9 Å². The predicted molar refractivity (Wildman–Crippen MR) is 89.4 cm³/mol. The van der Waals surface area contributed by atoms with E-state index in [9.17, 15) is 4.79 Å². The van der Waals surface area contributed by atoms with Crippen LogP contribution in [-0.4, -0.2) is 17.5 Å². The van der Waals surface area contributed by atoms with Crippen molar-refractivity contribution in [3.05, 3.63) is 60.2 Å². The second-order valence-electron chi connectivity index (χ2n) is 4.46. The van der Waals surface area contributed by atoms with E-state index in [2.05, 4.69) is 15.8 Å². The molecule has 0 aliphatic carbocycles. The van der Waals surface area contributed by atoms with E-state index in [0.717, 1.165) is 0 Å². The van der Waals surface area contributed by atoms with Gasteiger partial charge in [-0.05, 0) is 24.3 Å². The fourth-order valence-corrected chi connectivity index (χ4v) is 1.76. The maximum Gasteiger partial charge on any atom is 0.257 e. The minimum atomic E-state index is -0.453. The second kappa shape index (κ2) is 7.38. The van der Waals surface area contributed by atoms with Crippen molar-refractivity contribution in [1.29, 1.82) is 10.7 Å². The number of amidine groups is 1. The van der Waals surface area contributed by atoms with Gasteiger partial charge in [0.15, 0.2) is 5.84 Å². The summed E-state index contributed by atoms with van der Waals surface area (Å²) in [5, 5.41) is 22.5. The van der Waals surface area contributed by atoms with Crippen LogP contribution in [0.4, 0.5) is 11.4 Å². The number of nitrogens with zero attached hydrogens (tertiary/aromatic N) is 2. The van der Waals surface area contributed by atoms with E-state index in [1.165, 1.54) is 0 Å². The lowest BCUT2D eigenvalue weighted by Crippen LogP contribution is -2.22. The summed E-state index contributed by atoms with van der Waals surface area (Å²) in [5.41, 5.74) is 8.97. The number of benzene rings is 2. The Balaban J connectivity index is 2.22. The first-order valence-corrected chi connectivity index (χ1v) is 6.65. The molecule has 0 unspecified atom stereocenters. The van der Waals surface area contributed by atoms with Gasteiger partial charge in [0.05, 0.1) is 11.3 Å². The third kappa shape index (κ3) is 4.15. The Bertz CT molecular complexity index is 792. The number of anilines is 2. The molecule has 5 N–H and O–H groups in total. The Morgan fingerprint density at radius 3 is 2.43 bits per heavy atom. The summed E-state index contributed by atoms with van der Waals surface area (Å²) in [5.74, 6) is -0.776. The van der Waals surface area contributed by atoms with Crippen molar-refractivity contribution < 1.29 is 4.79 Å². The Kier molecular flexibility index (Phi) is 5.04. The Hall–Kier alpha value is -3.66. The summed E-state index contributed by atoms with van der Waals surface area (Å²) < 4.78 is 0. The van der Waals surface area contributed by atoms with Gasteiger partial charge in [-0.25, -0.2) is 0 Å². The summed E-state index contributed by atoms with van der Waals surface area (Å²) in [6, 6.07) is 17.4. The molecule has 23 heavy (non-hydrogen) atoms. The van der Waals surface area contributed by atoms with Crippen LogP contribution in [0.1, 0.15) is 10.4 Å². The number of hydrogen-bond donors (Lipinski definition) is 4.